The highest BCUT2D eigenvalue weighted by Gasteiger charge is 2.26. The van der Waals surface area contributed by atoms with Crippen molar-refractivity contribution < 1.29 is 4.79 Å². The number of nitrogens with zero attached hydrogens (tertiary/aromatic N) is 2. The van der Waals surface area contributed by atoms with E-state index in [0.717, 1.165) is 49.6 Å². The molecule has 4 nitrogen and oxygen atoms in total. The van der Waals surface area contributed by atoms with Crippen LogP contribution in [0.4, 0.5) is 0 Å². The van der Waals surface area contributed by atoms with Crippen LogP contribution in [0.25, 0.3) is 0 Å². The number of benzene rings is 1. The zero-order valence-electron chi connectivity index (χ0n) is 12.7. The van der Waals surface area contributed by atoms with Crippen molar-refractivity contribution in [2.24, 2.45) is 5.92 Å². The summed E-state index contributed by atoms with van der Waals surface area (Å²) >= 11 is 5.89. The number of rotatable bonds is 4. The molecule has 1 aliphatic heterocycles. The van der Waals surface area contributed by atoms with Crippen molar-refractivity contribution in [2.75, 3.05) is 13.1 Å². The van der Waals surface area contributed by atoms with Crippen molar-refractivity contribution in [3.8, 4) is 0 Å². The summed E-state index contributed by atoms with van der Waals surface area (Å²) in [5.74, 6) is 1.22. The van der Waals surface area contributed by atoms with E-state index >= 15 is 0 Å². The monoisotopic (exact) mass is 317 g/mol. The van der Waals surface area contributed by atoms with E-state index in [2.05, 4.69) is 14.9 Å². The highest BCUT2D eigenvalue weighted by molar-refractivity contribution is 6.30. The number of aromatic amines is 1. The number of Topliss-reactive ketones (excluding diaryl/α,β-unsaturated/α-hetero) is 1. The molecule has 1 N–H and O–H groups in total. The lowest BCUT2D eigenvalue weighted by atomic mass is 9.90. The van der Waals surface area contributed by atoms with Crippen LogP contribution in [-0.2, 0) is 6.54 Å². The summed E-state index contributed by atoms with van der Waals surface area (Å²) in [5, 5.41) is 0.663. The van der Waals surface area contributed by atoms with Crippen molar-refractivity contribution >= 4 is 17.4 Å². The summed E-state index contributed by atoms with van der Waals surface area (Å²) in [7, 11) is 0. The molecule has 1 saturated heterocycles. The zero-order valence-corrected chi connectivity index (χ0v) is 13.4. The highest BCUT2D eigenvalue weighted by Crippen LogP contribution is 2.23. The van der Waals surface area contributed by atoms with Crippen molar-refractivity contribution in [2.45, 2.75) is 26.3 Å². The summed E-state index contributed by atoms with van der Waals surface area (Å²) < 4.78 is 0. The molecule has 1 fully saturated rings. The molecule has 0 bridgehead atoms. The molecule has 2 heterocycles. The van der Waals surface area contributed by atoms with E-state index in [1.807, 2.05) is 25.3 Å². The minimum Gasteiger partial charge on any atom is -0.345 e. The Labute approximate surface area is 135 Å². The number of hydrogen-bond acceptors (Lipinski definition) is 3. The third-order valence-corrected chi connectivity index (χ3v) is 4.41. The summed E-state index contributed by atoms with van der Waals surface area (Å²) in [6.45, 7) is 4.61. The van der Waals surface area contributed by atoms with Gasteiger partial charge in [-0.05, 0) is 50.6 Å². The molecular formula is C17H20ClN3O. The predicted molar refractivity (Wildman–Crippen MR) is 87.1 cm³/mol. The van der Waals surface area contributed by atoms with Gasteiger partial charge in [0, 0.05) is 41.5 Å². The van der Waals surface area contributed by atoms with Crippen molar-refractivity contribution in [3.63, 3.8) is 0 Å². The molecule has 0 aliphatic carbocycles. The van der Waals surface area contributed by atoms with Crippen molar-refractivity contribution in [3.05, 3.63) is 52.6 Å². The van der Waals surface area contributed by atoms with Gasteiger partial charge in [0.2, 0.25) is 0 Å². The van der Waals surface area contributed by atoms with E-state index in [9.17, 15) is 4.79 Å². The second kappa shape index (κ2) is 6.63. The fraction of sp³-hybridized carbons (Fsp3) is 0.412. The number of aryl methyl sites for hydroxylation is 1. The molecule has 0 saturated carbocycles. The smallest absolute Gasteiger partial charge is 0.167 e. The van der Waals surface area contributed by atoms with Crippen LogP contribution in [0.5, 0.6) is 0 Å². The van der Waals surface area contributed by atoms with Gasteiger partial charge in [0.05, 0.1) is 0 Å². The first-order chi connectivity index (χ1) is 10.6. The minimum absolute atomic E-state index is 0.0685. The standard InChI is InChI=1S/C17H20ClN3O/c1-12-19-9-16(20-12)11-21-8-2-3-14(10-21)17(22)13-4-6-15(18)7-5-13/h4-7,9,14H,2-3,8,10-11H2,1H3,(H,19,20)/t14-/m0/s1. The molecule has 3 rings (SSSR count). The van der Waals surface area contributed by atoms with E-state index in [-0.39, 0.29) is 11.7 Å². The fourth-order valence-electron chi connectivity index (χ4n) is 3.06. The molecule has 1 aliphatic rings. The number of imidazole rings is 1. The molecule has 22 heavy (non-hydrogen) atoms. The maximum atomic E-state index is 12.6. The maximum Gasteiger partial charge on any atom is 0.167 e. The van der Waals surface area contributed by atoms with E-state index in [0.29, 0.717) is 5.02 Å². The normalized spacial score (nSPS) is 19.3. The SMILES string of the molecule is Cc1ncc(CN2CCC[C@H](C(=O)c3ccc(Cl)cc3)C2)[nH]1. The Hall–Kier alpha value is -1.65. The maximum absolute atomic E-state index is 12.6. The molecule has 0 unspecified atom stereocenters. The van der Waals surface area contributed by atoms with E-state index in [1.165, 1.54) is 0 Å². The average molecular weight is 318 g/mol. The van der Waals surface area contributed by atoms with Gasteiger partial charge in [0.1, 0.15) is 5.82 Å². The number of aromatic nitrogens is 2. The van der Waals surface area contributed by atoms with Gasteiger partial charge in [-0.3, -0.25) is 9.69 Å². The quantitative estimate of drug-likeness (QED) is 0.878. The highest BCUT2D eigenvalue weighted by atomic mass is 35.5. The van der Waals surface area contributed by atoms with Gasteiger partial charge < -0.3 is 4.98 Å². The van der Waals surface area contributed by atoms with Crippen LogP contribution < -0.4 is 0 Å². The van der Waals surface area contributed by atoms with Gasteiger partial charge in [-0.15, -0.1) is 0 Å². The fourth-order valence-corrected chi connectivity index (χ4v) is 3.18. The van der Waals surface area contributed by atoms with Crippen molar-refractivity contribution in [1.29, 1.82) is 0 Å². The number of halogens is 1. The average Bonchev–Trinajstić information content (AvgIpc) is 2.93. The number of carbonyl (C=O) groups is 1. The molecule has 0 amide bonds. The first-order valence-corrected chi connectivity index (χ1v) is 8.02. The first-order valence-electron chi connectivity index (χ1n) is 7.64. The number of ketones is 1. The van der Waals surface area contributed by atoms with Gasteiger partial charge in [0.25, 0.3) is 0 Å². The number of piperidine rings is 1. The Balaban J connectivity index is 1.64. The molecule has 0 radical (unpaired) electrons. The van der Waals surface area contributed by atoms with Gasteiger partial charge in [-0.25, -0.2) is 4.98 Å². The number of nitrogens with one attached hydrogen (secondary N) is 1. The second-order valence-corrected chi connectivity index (χ2v) is 6.38. The van der Waals surface area contributed by atoms with Crippen molar-refractivity contribution in [1.82, 2.24) is 14.9 Å². The second-order valence-electron chi connectivity index (χ2n) is 5.94. The van der Waals surface area contributed by atoms with Crippen LogP contribution in [0.3, 0.4) is 0 Å². The predicted octanol–water partition coefficient (Wildman–Crippen LogP) is 3.47. The third-order valence-electron chi connectivity index (χ3n) is 4.15. The summed E-state index contributed by atoms with van der Waals surface area (Å²) in [6, 6.07) is 7.20. The number of likely N-dealkylation sites (tertiary alicyclic amines) is 1. The lowest BCUT2D eigenvalue weighted by Crippen LogP contribution is -2.38. The Morgan fingerprint density at radius 2 is 2.18 bits per heavy atom. The van der Waals surface area contributed by atoms with Gasteiger partial charge in [0.15, 0.2) is 5.78 Å². The van der Waals surface area contributed by atoms with E-state index in [4.69, 9.17) is 11.6 Å². The number of H-pyrrole nitrogens is 1. The largest absolute Gasteiger partial charge is 0.345 e. The molecular weight excluding hydrogens is 298 g/mol. The van der Waals surface area contributed by atoms with Crippen LogP contribution in [0, 0.1) is 12.8 Å². The third kappa shape index (κ3) is 3.57. The Kier molecular flexibility index (Phi) is 4.60. The lowest BCUT2D eigenvalue weighted by Gasteiger charge is -2.31. The zero-order chi connectivity index (χ0) is 15.5. The summed E-state index contributed by atoms with van der Waals surface area (Å²) in [4.78, 5) is 22.4. The Morgan fingerprint density at radius 3 is 2.86 bits per heavy atom. The molecule has 2 aromatic rings. The summed E-state index contributed by atoms with van der Waals surface area (Å²) in [5.41, 5.74) is 1.87. The first kappa shape index (κ1) is 15.3. The van der Waals surface area contributed by atoms with Crippen LogP contribution in [-0.4, -0.2) is 33.7 Å². The van der Waals surface area contributed by atoms with Crippen LogP contribution in [0.1, 0.15) is 34.7 Å². The van der Waals surface area contributed by atoms with E-state index in [1.54, 1.807) is 12.1 Å². The number of carbonyl (C=O) groups excluding carboxylic acids is 1. The van der Waals surface area contributed by atoms with E-state index < -0.39 is 0 Å². The van der Waals surface area contributed by atoms with Gasteiger partial charge >= 0.3 is 0 Å². The minimum atomic E-state index is 0.0685. The van der Waals surface area contributed by atoms with Gasteiger partial charge in [-0.2, -0.15) is 0 Å². The Morgan fingerprint density at radius 1 is 1.41 bits per heavy atom. The summed E-state index contributed by atoms with van der Waals surface area (Å²) in [6.07, 6.45) is 3.89. The molecule has 0 spiro atoms. The molecule has 1 atom stereocenters. The van der Waals surface area contributed by atoms with Crippen LogP contribution >= 0.6 is 11.6 Å². The Bertz CT molecular complexity index is 650. The molecule has 1 aromatic heterocycles. The van der Waals surface area contributed by atoms with Crippen LogP contribution in [0.15, 0.2) is 30.5 Å². The number of hydrogen-bond donors (Lipinski definition) is 1. The topological polar surface area (TPSA) is 49.0 Å². The van der Waals surface area contributed by atoms with Crippen LogP contribution in [0.2, 0.25) is 5.02 Å². The molecule has 116 valence electrons. The molecule has 5 heteroatoms. The molecule has 1 aromatic carbocycles. The lowest BCUT2D eigenvalue weighted by molar-refractivity contribution is 0.0810. The van der Waals surface area contributed by atoms with Gasteiger partial charge in [-0.1, -0.05) is 11.6 Å².